The van der Waals surface area contributed by atoms with Crippen LogP contribution >= 0.6 is 0 Å². The topological polar surface area (TPSA) is 407 Å². The van der Waals surface area contributed by atoms with Crippen molar-refractivity contribution in [2.24, 2.45) is 0 Å². The Morgan fingerprint density at radius 1 is 0.538 bits per heavy atom. The summed E-state index contributed by atoms with van der Waals surface area (Å²) in [4.78, 5) is 70.9. The van der Waals surface area contributed by atoms with Crippen LogP contribution in [0.25, 0.3) is 12.2 Å². The molecule has 2 aliphatic heterocycles. The summed E-state index contributed by atoms with van der Waals surface area (Å²) in [5.41, 5.74) is -13.4. The fraction of sp³-hybridized carbons (Fsp3) is 0.326. The van der Waals surface area contributed by atoms with E-state index in [1.165, 1.54) is 48.5 Å². The minimum Gasteiger partial charge on any atom is -0.508 e. The standard InChI is InChI=1S/C43H42O22/c44-14-24-30(52)32(54)34(56)40(64-24)42(62)36(58)20(28(50)26(38(42)60)22(48)11-5-16-1-7-18(46)8-2-16)13-21-29(51)27(23(49)12-6-17-3-9-19(47)10-4-17)39(61)43(63,37(21)59)41-35(57)33(55)31(53)25(15-45)65-41/h1-13,24-25,30-35,40-41,44-47,52-58,60-63H,14-15H2/t24-,25-,30-,31-,32+,33+,34-,35-,40+,41+,42-,43+/m1/s1. The van der Waals surface area contributed by atoms with E-state index in [4.69, 9.17) is 9.47 Å². The van der Waals surface area contributed by atoms with Crippen molar-refractivity contribution in [3.63, 3.8) is 0 Å². The quantitative estimate of drug-likeness (QED) is 0.0759. The number of aliphatic hydroxyl groups excluding tert-OH is 11. The number of hydrogen-bond donors (Lipinski definition) is 15. The average Bonchev–Trinajstić information content (AvgIpc) is 3.28. The van der Waals surface area contributed by atoms with Crippen LogP contribution in [0.5, 0.6) is 11.5 Å². The number of ether oxygens (including phenoxy) is 2. The molecule has 22 nitrogen and oxygen atoms in total. The van der Waals surface area contributed by atoms with E-state index in [0.717, 1.165) is 12.2 Å². The molecule has 0 aromatic heterocycles. The van der Waals surface area contributed by atoms with Gasteiger partial charge in [-0.05, 0) is 53.6 Å². The second kappa shape index (κ2) is 18.3. The van der Waals surface area contributed by atoms with Gasteiger partial charge < -0.3 is 86.1 Å². The Morgan fingerprint density at radius 2 is 0.923 bits per heavy atom. The molecule has 6 rings (SSSR count). The van der Waals surface area contributed by atoms with Gasteiger partial charge in [0.25, 0.3) is 0 Å². The van der Waals surface area contributed by atoms with Crippen molar-refractivity contribution in [3.05, 3.63) is 117 Å². The third-order valence-corrected chi connectivity index (χ3v) is 11.4. The zero-order chi connectivity index (χ0) is 48.0. The van der Waals surface area contributed by atoms with Gasteiger partial charge in [-0.2, -0.15) is 0 Å². The number of carbonyl (C=O) groups is 5. The number of phenols is 2. The highest BCUT2D eigenvalue weighted by molar-refractivity contribution is 6.42. The SMILES string of the molecule is O=C(C=Cc1ccc(O)cc1)C1=C(O)[C@@](O)([C@H]2O[C@H](CO)[C@@H](O)[C@H](O)[C@H]2O)C(O)=C(C=C2C(=O)C(C(=O)C=Cc3ccc(O)cc3)=C(O)[C@](O)([C@H]3O[C@H](CO)[C@@H](O)[C@H](O)[C@H]3O)C2=O)C1=O. The van der Waals surface area contributed by atoms with Gasteiger partial charge in [-0.3, -0.25) is 24.0 Å². The number of carbonyl (C=O) groups excluding carboxylic acids is 5. The van der Waals surface area contributed by atoms with Crippen LogP contribution in [-0.4, -0.2) is 191 Å². The number of hydrogen-bond acceptors (Lipinski definition) is 22. The monoisotopic (exact) mass is 910 g/mol. The molecule has 12 atom stereocenters. The molecule has 0 radical (unpaired) electrons. The molecule has 346 valence electrons. The Kier molecular flexibility index (Phi) is 13.6. The number of benzene rings is 2. The van der Waals surface area contributed by atoms with Gasteiger partial charge in [0.15, 0.2) is 11.6 Å². The van der Waals surface area contributed by atoms with Crippen LogP contribution in [-0.2, 0) is 33.4 Å². The smallest absolute Gasteiger partial charge is 0.214 e. The summed E-state index contributed by atoms with van der Waals surface area (Å²) >= 11 is 0. The molecule has 2 fully saturated rings. The van der Waals surface area contributed by atoms with E-state index >= 15 is 0 Å². The van der Waals surface area contributed by atoms with E-state index < -0.39 is 154 Å². The Morgan fingerprint density at radius 3 is 1.34 bits per heavy atom. The molecular weight excluding hydrogens is 868 g/mol. The minimum absolute atomic E-state index is 0.0686. The average molecular weight is 911 g/mol. The largest absolute Gasteiger partial charge is 0.508 e. The number of rotatable bonds is 11. The molecule has 0 bridgehead atoms. The lowest BCUT2D eigenvalue weighted by molar-refractivity contribution is -0.265. The fourth-order valence-electron chi connectivity index (χ4n) is 7.68. The van der Waals surface area contributed by atoms with Crippen LogP contribution in [0.1, 0.15) is 11.1 Å². The van der Waals surface area contributed by atoms with Crippen molar-refractivity contribution >= 4 is 41.1 Å². The second-order valence-corrected chi connectivity index (χ2v) is 15.4. The zero-order valence-corrected chi connectivity index (χ0v) is 33.3. The lowest BCUT2D eigenvalue weighted by Crippen LogP contribution is -2.69. The molecule has 0 spiro atoms. The van der Waals surface area contributed by atoms with E-state index in [9.17, 15) is 101 Å². The van der Waals surface area contributed by atoms with Crippen LogP contribution in [0, 0.1) is 0 Å². The summed E-state index contributed by atoms with van der Waals surface area (Å²) in [6, 6.07) is 9.97. The molecule has 15 N–H and O–H groups in total. The van der Waals surface area contributed by atoms with E-state index in [1.54, 1.807) is 0 Å². The highest BCUT2D eigenvalue weighted by Crippen LogP contribution is 2.45. The number of aromatic hydroxyl groups is 2. The van der Waals surface area contributed by atoms with Crippen LogP contribution in [0.15, 0.2) is 106 Å². The summed E-state index contributed by atoms with van der Waals surface area (Å²) in [5.74, 6) is -14.7. The molecule has 4 aliphatic rings. The molecule has 0 saturated carbocycles. The number of aliphatic hydroxyl groups is 13. The molecule has 0 unspecified atom stereocenters. The van der Waals surface area contributed by atoms with Gasteiger partial charge in [0.1, 0.15) is 101 Å². The summed E-state index contributed by atoms with van der Waals surface area (Å²) in [5, 5.41) is 162. The predicted molar refractivity (Wildman–Crippen MR) is 214 cm³/mol. The highest BCUT2D eigenvalue weighted by Gasteiger charge is 2.64. The molecule has 2 saturated heterocycles. The first-order valence-electron chi connectivity index (χ1n) is 19.3. The number of ketones is 5. The van der Waals surface area contributed by atoms with Crippen LogP contribution in [0.4, 0.5) is 0 Å². The normalized spacial score (nSPS) is 34.4. The molecule has 2 heterocycles. The maximum Gasteiger partial charge on any atom is 0.214 e. The van der Waals surface area contributed by atoms with Crippen molar-refractivity contribution in [2.75, 3.05) is 13.2 Å². The lowest BCUT2D eigenvalue weighted by Gasteiger charge is -2.47. The molecule has 2 aromatic carbocycles. The van der Waals surface area contributed by atoms with Crippen molar-refractivity contribution in [2.45, 2.75) is 72.2 Å². The van der Waals surface area contributed by atoms with Crippen molar-refractivity contribution in [3.8, 4) is 11.5 Å². The Hall–Kier alpha value is -6.25. The molecule has 65 heavy (non-hydrogen) atoms. The molecule has 22 heteroatoms. The van der Waals surface area contributed by atoms with E-state index in [2.05, 4.69) is 0 Å². The third kappa shape index (κ3) is 8.22. The fourth-order valence-corrected chi connectivity index (χ4v) is 7.68. The summed E-state index contributed by atoms with van der Waals surface area (Å²) in [6.07, 6.45) is -19.9. The van der Waals surface area contributed by atoms with Crippen molar-refractivity contribution in [1.82, 2.24) is 0 Å². The second-order valence-electron chi connectivity index (χ2n) is 15.4. The summed E-state index contributed by atoms with van der Waals surface area (Å²) in [7, 11) is 0. The highest BCUT2D eigenvalue weighted by atomic mass is 16.6. The van der Waals surface area contributed by atoms with Gasteiger partial charge in [-0.1, -0.05) is 36.4 Å². The molecular formula is C43H42O22. The number of Topliss-reactive ketones (excluding diaryl/α,β-unsaturated/α-hetero) is 3. The van der Waals surface area contributed by atoms with Gasteiger partial charge in [-0.15, -0.1) is 0 Å². The van der Waals surface area contributed by atoms with Crippen molar-refractivity contribution < 1.29 is 110 Å². The molecule has 0 amide bonds. The van der Waals surface area contributed by atoms with Crippen LogP contribution < -0.4 is 0 Å². The maximum absolute atomic E-state index is 14.5. The molecule has 2 aromatic rings. The van der Waals surface area contributed by atoms with Gasteiger partial charge in [0.2, 0.25) is 28.6 Å². The number of allylic oxidation sites excluding steroid dienone is 6. The van der Waals surface area contributed by atoms with Gasteiger partial charge in [0, 0.05) is 0 Å². The van der Waals surface area contributed by atoms with E-state index in [-0.39, 0.29) is 28.7 Å². The zero-order valence-electron chi connectivity index (χ0n) is 33.3. The van der Waals surface area contributed by atoms with Crippen molar-refractivity contribution in [1.29, 1.82) is 0 Å². The Labute approximate surface area is 365 Å². The Balaban J connectivity index is 1.59. The Bertz CT molecular complexity index is 2460. The van der Waals surface area contributed by atoms with Gasteiger partial charge >= 0.3 is 0 Å². The number of phenolic OH excluding ortho intramolecular Hbond substituents is 2. The van der Waals surface area contributed by atoms with Crippen LogP contribution in [0.3, 0.4) is 0 Å². The first kappa shape index (κ1) is 48.2. The predicted octanol–water partition coefficient (Wildman–Crippen LogP) is -3.79. The van der Waals surface area contributed by atoms with E-state index in [1.807, 2.05) is 0 Å². The minimum atomic E-state index is -3.89. The van der Waals surface area contributed by atoms with E-state index in [0.29, 0.717) is 12.2 Å². The van der Waals surface area contributed by atoms with Gasteiger partial charge in [0.05, 0.1) is 24.4 Å². The van der Waals surface area contributed by atoms with Crippen LogP contribution in [0.2, 0.25) is 0 Å². The lowest BCUT2D eigenvalue weighted by atomic mass is 9.70. The summed E-state index contributed by atoms with van der Waals surface area (Å²) < 4.78 is 10.7. The maximum atomic E-state index is 14.5. The third-order valence-electron chi connectivity index (χ3n) is 11.4. The van der Waals surface area contributed by atoms with Gasteiger partial charge in [-0.25, -0.2) is 0 Å². The molecule has 2 aliphatic carbocycles. The first-order chi connectivity index (χ1) is 30.5. The first-order valence-corrected chi connectivity index (χ1v) is 19.3. The summed E-state index contributed by atoms with van der Waals surface area (Å²) in [6.45, 7) is -2.32.